The normalized spacial score (nSPS) is 43.0. The molecule has 0 saturated heterocycles. The van der Waals surface area contributed by atoms with E-state index in [9.17, 15) is 0 Å². The van der Waals surface area contributed by atoms with Gasteiger partial charge in [0.05, 0.1) is 0 Å². The van der Waals surface area contributed by atoms with Gasteiger partial charge in [0.2, 0.25) is 0 Å². The van der Waals surface area contributed by atoms with Gasteiger partial charge in [-0.15, -0.1) is 0 Å². The summed E-state index contributed by atoms with van der Waals surface area (Å²) in [6.07, 6.45) is 5.78. The summed E-state index contributed by atoms with van der Waals surface area (Å²) in [6, 6.07) is 0. The van der Waals surface area contributed by atoms with Crippen LogP contribution >= 0.6 is 0 Å². The highest BCUT2D eigenvalue weighted by Crippen LogP contribution is 2.39. The average Bonchev–Trinajstić information content (AvgIpc) is 2.07. The van der Waals surface area contributed by atoms with Crippen molar-refractivity contribution in [2.45, 2.75) is 53.4 Å². The largest absolute Gasteiger partial charge is 0.0654 e. The topological polar surface area (TPSA) is 0 Å². The van der Waals surface area contributed by atoms with Gasteiger partial charge < -0.3 is 0 Å². The first kappa shape index (κ1) is 10.1. The summed E-state index contributed by atoms with van der Waals surface area (Å²) in [7, 11) is 0. The van der Waals surface area contributed by atoms with Crippen molar-refractivity contribution >= 4 is 0 Å². The lowest BCUT2D eigenvalue weighted by atomic mass is 9.67. The van der Waals surface area contributed by atoms with Gasteiger partial charge in [-0.1, -0.05) is 47.0 Å². The predicted molar refractivity (Wildman–Crippen MR) is 55.1 cm³/mol. The Morgan fingerprint density at radius 2 is 1.67 bits per heavy atom. The van der Waals surface area contributed by atoms with E-state index in [1.54, 1.807) is 0 Å². The fourth-order valence-electron chi connectivity index (χ4n) is 2.73. The second-order valence-electron chi connectivity index (χ2n) is 4.82. The van der Waals surface area contributed by atoms with Crippen molar-refractivity contribution in [3.05, 3.63) is 0 Å². The molecule has 1 saturated carbocycles. The van der Waals surface area contributed by atoms with Crippen molar-refractivity contribution in [3.63, 3.8) is 0 Å². The third-order valence-corrected chi connectivity index (χ3v) is 4.12. The van der Waals surface area contributed by atoms with Crippen molar-refractivity contribution in [1.29, 1.82) is 0 Å². The minimum absolute atomic E-state index is 0.954. The molecule has 0 spiro atoms. The lowest BCUT2D eigenvalue weighted by molar-refractivity contribution is 0.119. The molecule has 0 bridgehead atoms. The van der Waals surface area contributed by atoms with Crippen LogP contribution in [-0.2, 0) is 0 Å². The predicted octanol–water partition coefficient (Wildman–Crippen LogP) is 4.10. The molecular formula is C12H24. The van der Waals surface area contributed by atoms with Crippen molar-refractivity contribution in [3.8, 4) is 0 Å². The van der Waals surface area contributed by atoms with Crippen molar-refractivity contribution < 1.29 is 0 Å². The highest BCUT2D eigenvalue weighted by Gasteiger charge is 2.30. The minimum Gasteiger partial charge on any atom is -0.0654 e. The van der Waals surface area contributed by atoms with Gasteiger partial charge >= 0.3 is 0 Å². The van der Waals surface area contributed by atoms with Gasteiger partial charge in [-0.2, -0.15) is 0 Å². The van der Waals surface area contributed by atoms with Crippen LogP contribution in [0.3, 0.4) is 0 Å². The van der Waals surface area contributed by atoms with E-state index in [0.717, 1.165) is 23.7 Å². The van der Waals surface area contributed by atoms with E-state index in [4.69, 9.17) is 0 Å². The van der Waals surface area contributed by atoms with Crippen LogP contribution in [0.15, 0.2) is 0 Å². The third kappa shape index (κ3) is 2.02. The molecule has 0 aromatic carbocycles. The molecule has 4 atom stereocenters. The van der Waals surface area contributed by atoms with E-state index in [1.807, 2.05) is 0 Å². The molecule has 1 rings (SSSR count). The molecular weight excluding hydrogens is 144 g/mol. The van der Waals surface area contributed by atoms with Crippen LogP contribution in [-0.4, -0.2) is 0 Å². The van der Waals surface area contributed by atoms with E-state index in [0.29, 0.717) is 0 Å². The molecule has 0 nitrogen and oxygen atoms in total. The van der Waals surface area contributed by atoms with Gasteiger partial charge in [-0.25, -0.2) is 0 Å². The molecule has 0 heteroatoms. The second-order valence-corrected chi connectivity index (χ2v) is 4.82. The lowest BCUT2D eigenvalue weighted by Gasteiger charge is -2.38. The van der Waals surface area contributed by atoms with Gasteiger partial charge in [-0.05, 0) is 30.1 Å². The number of rotatable bonds is 2. The molecule has 4 unspecified atom stereocenters. The summed E-state index contributed by atoms with van der Waals surface area (Å²) in [5, 5.41) is 0. The Morgan fingerprint density at radius 1 is 1.00 bits per heavy atom. The third-order valence-electron chi connectivity index (χ3n) is 4.12. The zero-order chi connectivity index (χ0) is 9.14. The fraction of sp³-hybridized carbons (Fsp3) is 1.00. The Labute approximate surface area is 77.7 Å². The molecule has 0 N–H and O–H groups in total. The Balaban J connectivity index is 2.46. The summed E-state index contributed by atoms with van der Waals surface area (Å²) in [4.78, 5) is 0. The molecule has 0 aromatic heterocycles. The summed E-state index contributed by atoms with van der Waals surface area (Å²) in [5.74, 6) is 3.92. The van der Waals surface area contributed by atoms with Crippen molar-refractivity contribution in [1.82, 2.24) is 0 Å². The molecule has 0 aromatic rings. The number of hydrogen-bond donors (Lipinski definition) is 0. The first-order chi connectivity index (χ1) is 5.66. The molecule has 1 aliphatic rings. The molecule has 1 fully saturated rings. The van der Waals surface area contributed by atoms with Gasteiger partial charge in [0.25, 0.3) is 0 Å². The monoisotopic (exact) mass is 168 g/mol. The van der Waals surface area contributed by atoms with E-state index < -0.39 is 0 Å². The molecule has 12 heavy (non-hydrogen) atoms. The van der Waals surface area contributed by atoms with Gasteiger partial charge in [0, 0.05) is 0 Å². The van der Waals surface area contributed by atoms with E-state index in [2.05, 4.69) is 27.7 Å². The standard InChI is InChI=1S/C12H24/c1-5-6-12-8-7-9(2)10(3)11(12)4/h9-12H,5-8H2,1-4H3. The second kappa shape index (κ2) is 4.30. The van der Waals surface area contributed by atoms with Crippen molar-refractivity contribution in [2.75, 3.05) is 0 Å². The lowest BCUT2D eigenvalue weighted by Crippen LogP contribution is -2.29. The van der Waals surface area contributed by atoms with Crippen LogP contribution in [0.1, 0.15) is 53.4 Å². The van der Waals surface area contributed by atoms with Crippen molar-refractivity contribution in [2.24, 2.45) is 23.7 Å². The smallest absolute Gasteiger partial charge is 0.0386 e. The zero-order valence-corrected chi connectivity index (χ0v) is 9.14. The van der Waals surface area contributed by atoms with Gasteiger partial charge in [-0.3, -0.25) is 0 Å². The number of hydrogen-bond acceptors (Lipinski definition) is 0. The minimum atomic E-state index is 0.954. The quantitative estimate of drug-likeness (QED) is 0.582. The summed E-state index contributed by atoms with van der Waals surface area (Å²) in [6.45, 7) is 9.64. The maximum Gasteiger partial charge on any atom is -0.0386 e. The van der Waals surface area contributed by atoms with Crippen LogP contribution in [0.25, 0.3) is 0 Å². The van der Waals surface area contributed by atoms with E-state index in [1.165, 1.54) is 25.7 Å². The summed E-state index contributed by atoms with van der Waals surface area (Å²) < 4.78 is 0. The van der Waals surface area contributed by atoms with E-state index >= 15 is 0 Å². The Morgan fingerprint density at radius 3 is 2.25 bits per heavy atom. The SMILES string of the molecule is CCCC1CCC(C)C(C)C1C. The molecule has 72 valence electrons. The van der Waals surface area contributed by atoms with Crippen LogP contribution in [0, 0.1) is 23.7 Å². The Kier molecular flexibility index (Phi) is 3.61. The van der Waals surface area contributed by atoms with E-state index in [-0.39, 0.29) is 0 Å². The summed E-state index contributed by atoms with van der Waals surface area (Å²) >= 11 is 0. The molecule has 1 aliphatic carbocycles. The molecule has 0 radical (unpaired) electrons. The molecule has 0 heterocycles. The fourth-order valence-corrected chi connectivity index (χ4v) is 2.73. The highest BCUT2D eigenvalue weighted by atomic mass is 14.4. The molecule has 0 amide bonds. The van der Waals surface area contributed by atoms with Crippen LogP contribution in [0.4, 0.5) is 0 Å². The maximum atomic E-state index is 2.46. The Hall–Kier alpha value is 0. The first-order valence-corrected chi connectivity index (χ1v) is 5.66. The average molecular weight is 168 g/mol. The first-order valence-electron chi connectivity index (χ1n) is 5.66. The summed E-state index contributed by atoms with van der Waals surface area (Å²) in [5.41, 5.74) is 0. The maximum absolute atomic E-state index is 2.46. The highest BCUT2D eigenvalue weighted by molar-refractivity contribution is 4.80. The van der Waals surface area contributed by atoms with Crippen LogP contribution in [0.2, 0.25) is 0 Å². The van der Waals surface area contributed by atoms with Gasteiger partial charge in [0.1, 0.15) is 0 Å². The van der Waals surface area contributed by atoms with Crippen LogP contribution < -0.4 is 0 Å². The van der Waals surface area contributed by atoms with Crippen LogP contribution in [0.5, 0.6) is 0 Å². The Bertz CT molecular complexity index is 128. The molecule has 0 aliphatic heterocycles. The van der Waals surface area contributed by atoms with Gasteiger partial charge in [0.15, 0.2) is 0 Å². The zero-order valence-electron chi connectivity index (χ0n) is 9.14.